The Morgan fingerprint density at radius 1 is 1.10 bits per heavy atom. The SMILES string of the molecule is Cc1ccc(S(=O)(=O)Nc2c(Br)cc(F)c(C)c2Br)cc1. The van der Waals surface area contributed by atoms with Crippen LogP contribution < -0.4 is 4.72 Å². The minimum Gasteiger partial charge on any atom is -0.277 e. The van der Waals surface area contributed by atoms with Crippen LogP contribution in [0.3, 0.4) is 0 Å². The van der Waals surface area contributed by atoms with Gasteiger partial charge in [0.1, 0.15) is 5.82 Å². The summed E-state index contributed by atoms with van der Waals surface area (Å²) >= 11 is 6.39. The van der Waals surface area contributed by atoms with Gasteiger partial charge in [0.2, 0.25) is 0 Å². The van der Waals surface area contributed by atoms with E-state index in [1.54, 1.807) is 19.1 Å². The van der Waals surface area contributed by atoms with Crippen LogP contribution in [-0.4, -0.2) is 8.42 Å². The van der Waals surface area contributed by atoms with Crippen molar-refractivity contribution in [2.24, 2.45) is 0 Å². The molecule has 0 aliphatic rings. The molecule has 0 aliphatic heterocycles. The van der Waals surface area contributed by atoms with E-state index in [0.717, 1.165) is 5.56 Å². The second-order valence-electron chi connectivity index (χ2n) is 4.57. The first-order valence-electron chi connectivity index (χ1n) is 5.96. The molecule has 0 bridgehead atoms. The molecule has 2 rings (SSSR count). The fourth-order valence-electron chi connectivity index (χ4n) is 1.69. The molecule has 0 heterocycles. The maximum atomic E-state index is 13.6. The number of anilines is 1. The van der Waals surface area contributed by atoms with E-state index in [9.17, 15) is 12.8 Å². The van der Waals surface area contributed by atoms with Gasteiger partial charge in [-0.3, -0.25) is 4.72 Å². The second-order valence-corrected chi connectivity index (χ2v) is 7.90. The van der Waals surface area contributed by atoms with Crippen LogP contribution in [0.2, 0.25) is 0 Å². The van der Waals surface area contributed by atoms with Gasteiger partial charge in [0, 0.05) is 14.5 Å². The molecule has 0 unspecified atom stereocenters. The summed E-state index contributed by atoms with van der Waals surface area (Å²) in [6.45, 7) is 3.44. The lowest BCUT2D eigenvalue weighted by molar-refractivity contribution is 0.600. The highest BCUT2D eigenvalue weighted by molar-refractivity contribution is 9.11. The normalized spacial score (nSPS) is 11.5. The van der Waals surface area contributed by atoms with Gasteiger partial charge in [-0.2, -0.15) is 0 Å². The zero-order chi connectivity index (χ0) is 15.8. The van der Waals surface area contributed by atoms with E-state index < -0.39 is 15.8 Å². The van der Waals surface area contributed by atoms with Gasteiger partial charge in [-0.1, -0.05) is 17.7 Å². The molecular formula is C14H12Br2FNO2S. The standard InChI is InChI=1S/C14H12Br2FNO2S/c1-8-3-5-10(6-4-8)21(19,20)18-14-11(15)7-12(17)9(2)13(14)16/h3-7,18H,1-2H3. The van der Waals surface area contributed by atoms with Crippen molar-refractivity contribution in [1.29, 1.82) is 0 Å². The van der Waals surface area contributed by atoms with E-state index in [-0.39, 0.29) is 10.6 Å². The Labute approximate surface area is 139 Å². The van der Waals surface area contributed by atoms with Crippen LogP contribution in [0, 0.1) is 19.7 Å². The quantitative estimate of drug-likeness (QED) is 0.753. The maximum absolute atomic E-state index is 13.6. The van der Waals surface area contributed by atoms with Crippen LogP contribution in [0.4, 0.5) is 10.1 Å². The number of benzene rings is 2. The van der Waals surface area contributed by atoms with Crippen LogP contribution in [0.5, 0.6) is 0 Å². The van der Waals surface area contributed by atoms with Crippen molar-refractivity contribution in [3.8, 4) is 0 Å². The van der Waals surface area contributed by atoms with Crippen molar-refractivity contribution in [1.82, 2.24) is 0 Å². The highest BCUT2D eigenvalue weighted by atomic mass is 79.9. The van der Waals surface area contributed by atoms with Crippen LogP contribution in [-0.2, 0) is 10.0 Å². The van der Waals surface area contributed by atoms with Gasteiger partial charge in [0.05, 0.1) is 10.6 Å². The first-order valence-corrected chi connectivity index (χ1v) is 9.03. The zero-order valence-corrected chi connectivity index (χ0v) is 15.2. The molecule has 0 spiro atoms. The minimum atomic E-state index is -3.74. The van der Waals surface area contributed by atoms with Gasteiger partial charge in [-0.15, -0.1) is 0 Å². The number of hydrogen-bond donors (Lipinski definition) is 1. The van der Waals surface area contributed by atoms with Crippen LogP contribution in [0.15, 0.2) is 44.2 Å². The highest BCUT2D eigenvalue weighted by Crippen LogP contribution is 2.36. The summed E-state index contributed by atoms with van der Waals surface area (Å²) in [7, 11) is -3.74. The van der Waals surface area contributed by atoms with Gasteiger partial charge in [-0.25, -0.2) is 12.8 Å². The number of hydrogen-bond acceptors (Lipinski definition) is 2. The van der Waals surface area contributed by atoms with Gasteiger partial charge < -0.3 is 0 Å². The molecule has 0 amide bonds. The van der Waals surface area contributed by atoms with Crippen molar-refractivity contribution >= 4 is 47.6 Å². The molecule has 21 heavy (non-hydrogen) atoms. The van der Waals surface area contributed by atoms with Crippen LogP contribution in [0.1, 0.15) is 11.1 Å². The zero-order valence-electron chi connectivity index (χ0n) is 11.2. The molecule has 2 aromatic rings. The van der Waals surface area contributed by atoms with Crippen molar-refractivity contribution in [3.63, 3.8) is 0 Å². The summed E-state index contributed by atoms with van der Waals surface area (Å²) in [5.41, 5.74) is 1.57. The molecule has 3 nitrogen and oxygen atoms in total. The summed E-state index contributed by atoms with van der Waals surface area (Å²) in [6.07, 6.45) is 0. The monoisotopic (exact) mass is 435 g/mol. The van der Waals surface area contributed by atoms with E-state index in [1.807, 2.05) is 6.92 Å². The smallest absolute Gasteiger partial charge is 0.261 e. The summed E-state index contributed by atoms with van der Waals surface area (Å²) in [5, 5.41) is 0. The third kappa shape index (κ3) is 3.46. The molecule has 0 aromatic heterocycles. The third-order valence-electron chi connectivity index (χ3n) is 2.97. The molecule has 0 aliphatic carbocycles. The summed E-state index contributed by atoms with van der Waals surface area (Å²) in [4.78, 5) is 0.147. The molecule has 0 fully saturated rings. The number of aryl methyl sites for hydroxylation is 1. The Kier molecular flexibility index (Phi) is 4.75. The first-order chi connectivity index (χ1) is 9.72. The predicted molar refractivity (Wildman–Crippen MR) is 88.5 cm³/mol. The molecule has 0 saturated heterocycles. The number of halogens is 3. The molecule has 0 saturated carbocycles. The van der Waals surface area contributed by atoms with Crippen molar-refractivity contribution in [2.75, 3.05) is 4.72 Å². The minimum absolute atomic E-state index is 0.147. The van der Waals surface area contributed by atoms with E-state index in [2.05, 4.69) is 36.6 Å². The van der Waals surface area contributed by atoms with Crippen LogP contribution in [0.25, 0.3) is 0 Å². The fourth-order valence-corrected chi connectivity index (χ4v) is 4.32. The number of sulfonamides is 1. The van der Waals surface area contributed by atoms with Crippen molar-refractivity contribution in [2.45, 2.75) is 18.7 Å². The second kappa shape index (κ2) is 6.06. The van der Waals surface area contributed by atoms with E-state index in [1.165, 1.54) is 18.2 Å². The lowest BCUT2D eigenvalue weighted by Crippen LogP contribution is -2.14. The summed E-state index contributed by atoms with van der Waals surface area (Å²) < 4.78 is 41.5. The predicted octanol–water partition coefficient (Wildman–Crippen LogP) is 4.77. The van der Waals surface area contributed by atoms with Gasteiger partial charge in [0.15, 0.2) is 0 Å². The summed E-state index contributed by atoms with van der Waals surface area (Å²) in [5.74, 6) is -0.424. The molecule has 0 radical (unpaired) electrons. The fraction of sp³-hybridized carbons (Fsp3) is 0.143. The van der Waals surface area contributed by atoms with Crippen LogP contribution >= 0.6 is 31.9 Å². The lowest BCUT2D eigenvalue weighted by atomic mass is 10.2. The molecule has 1 N–H and O–H groups in total. The van der Waals surface area contributed by atoms with E-state index in [4.69, 9.17) is 0 Å². The Hall–Kier alpha value is -0.920. The van der Waals surface area contributed by atoms with Crippen molar-refractivity contribution in [3.05, 3.63) is 56.2 Å². The Morgan fingerprint density at radius 3 is 2.24 bits per heavy atom. The molecule has 0 atom stereocenters. The first kappa shape index (κ1) is 16.5. The maximum Gasteiger partial charge on any atom is 0.261 e. The van der Waals surface area contributed by atoms with E-state index in [0.29, 0.717) is 14.5 Å². The van der Waals surface area contributed by atoms with Gasteiger partial charge >= 0.3 is 0 Å². The third-order valence-corrected chi connectivity index (χ3v) is 5.95. The Morgan fingerprint density at radius 2 is 1.67 bits per heavy atom. The van der Waals surface area contributed by atoms with E-state index >= 15 is 0 Å². The average Bonchev–Trinajstić information content (AvgIpc) is 2.42. The number of nitrogens with one attached hydrogen (secondary N) is 1. The van der Waals surface area contributed by atoms with Gasteiger partial charge in [0.25, 0.3) is 10.0 Å². The van der Waals surface area contributed by atoms with Gasteiger partial charge in [-0.05, 0) is 63.9 Å². The molecule has 7 heteroatoms. The molecule has 112 valence electrons. The molecular weight excluding hydrogens is 425 g/mol. The topological polar surface area (TPSA) is 46.2 Å². The number of rotatable bonds is 3. The highest BCUT2D eigenvalue weighted by Gasteiger charge is 2.19. The van der Waals surface area contributed by atoms with Crippen molar-refractivity contribution < 1.29 is 12.8 Å². The Bertz CT molecular complexity index is 790. The largest absolute Gasteiger partial charge is 0.277 e. The average molecular weight is 437 g/mol. The lowest BCUT2D eigenvalue weighted by Gasteiger charge is -2.14. The Balaban J connectivity index is 2.47. The molecule has 2 aromatic carbocycles. The summed E-state index contributed by atoms with van der Waals surface area (Å²) in [6, 6.07) is 7.71.